The highest BCUT2D eigenvalue weighted by Gasteiger charge is 2.37. The smallest absolute Gasteiger partial charge is 0.408 e. The van der Waals surface area contributed by atoms with E-state index in [1.165, 1.54) is 0 Å². The number of halogens is 2. The summed E-state index contributed by atoms with van der Waals surface area (Å²) in [6.07, 6.45) is -0.571. The van der Waals surface area contributed by atoms with E-state index >= 15 is 0 Å². The molecule has 0 spiro atoms. The molecule has 0 bridgehead atoms. The fourth-order valence-corrected chi connectivity index (χ4v) is 9.56. The van der Waals surface area contributed by atoms with Crippen LogP contribution in [0.25, 0.3) is 0 Å². The number of sulfone groups is 2. The van der Waals surface area contributed by atoms with Gasteiger partial charge in [-0.15, -0.1) is 0 Å². The first-order valence-corrected chi connectivity index (χ1v) is 20.3. The van der Waals surface area contributed by atoms with Crippen LogP contribution in [0.4, 0.5) is 13.6 Å². The van der Waals surface area contributed by atoms with Crippen molar-refractivity contribution in [2.45, 2.75) is 102 Å². The minimum absolute atomic E-state index is 0.0147. The minimum atomic E-state index is -3.95. The summed E-state index contributed by atoms with van der Waals surface area (Å²) in [6.45, 7) is 6.07. The zero-order chi connectivity index (χ0) is 36.2. The number of alkyl carbamates (subject to hydrolysis) is 1. The topological polar surface area (TPSA) is 171 Å². The highest BCUT2D eigenvalue weighted by molar-refractivity contribution is 7.92. The van der Waals surface area contributed by atoms with Gasteiger partial charge in [0.05, 0.1) is 22.5 Å². The predicted molar refractivity (Wildman–Crippen MR) is 183 cm³/mol. The van der Waals surface area contributed by atoms with E-state index in [-0.39, 0.29) is 36.5 Å². The third-order valence-electron chi connectivity index (χ3n) is 8.38. The molecule has 0 aliphatic carbocycles. The van der Waals surface area contributed by atoms with E-state index in [9.17, 15) is 35.2 Å². The minimum Gasteiger partial charge on any atom is -0.458 e. The molecule has 15 heteroatoms. The number of esters is 1. The fourth-order valence-electron chi connectivity index (χ4n) is 5.83. The first-order chi connectivity index (χ1) is 23.1. The summed E-state index contributed by atoms with van der Waals surface area (Å²) in [7, 11) is -7.34. The molecule has 0 aromatic heterocycles. The summed E-state index contributed by atoms with van der Waals surface area (Å²) in [5.74, 6) is -4.05. The fraction of sp³-hybridized carbons (Fsp3) is 0.588. The number of nitrogens with one attached hydrogen (secondary N) is 2. The van der Waals surface area contributed by atoms with Gasteiger partial charge in [-0.05, 0) is 60.9 Å². The van der Waals surface area contributed by atoms with Crippen molar-refractivity contribution >= 4 is 31.7 Å². The molecule has 1 saturated heterocycles. The van der Waals surface area contributed by atoms with Gasteiger partial charge in [-0.25, -0.2) is 35.2 Å². The lowest BCUT2D eigenvalue weighted by Gasteiger charge is -2.28. The third-order valence-corrected chi connectivity index (χ3v) is 12.4. The Morgan fingerprint density at radius 3 is 2.24 bits per heavy atom. The van der Waals surface area contributed by atoms with Crippen molar-refractivity contribution in [2.75, 3.05) is 23.8 Å². The molecule has 1 heterocycles. The number of hydrogen-bond acceptors (Lipinski definition) is 10. The first-order valence-electron chi connectivity index (χ1n) is 16.7. The monoisotopic (exact) mass is 729 g/mol. The van der Waals surface area contributed by atoms with Gasteiger partial charge < -0.3 is 25.8 Å². The van der Waals surface area contributed by atoms with E-state index in [2.05, 4.69) is 10.6 Å². The molecule has 0 saturated carbocycles. The molecule has 1 aliphatic heterocycles. The van der Waals surface area contributed by atoms with Crippen LogP contribution < -0.4 is 16.4 Å². The van der Waals surface area contributed by atoms with Crippen LogP contribution in [0.1, 0.15) is 69.6 Å². The number of ether oxygens (including phenoxy) is 2. The molecule has 1 aliphatic rings. The van der Waals surface area contributed by atoms with Crippen LogP contribution in [-0.4, -0.2) is 82.2 Å². The van der Waals surface area contributed by atoms with E-state index < -0.39 is 78.7 Å². The van der Waals surface area contributed by atoms with Crippen LogP contribution >= 0.6 is 0 Å². The lowest BCUT2D eigenvalue weighted by Crippen LogP contribution is -2.52. The lowest BCUT2D eigenvalue weighted by molar-refractivity contribution is -0.151. The zero-order valence-electron chi connectivity index (χ0n) is 28.3. The van der Waals surface area contributed by atoms with Gasteiger partial charge >= 0.3 is 12.1 Å². The van der Waals surface area contributed by atoms with Gasteiger partial charge in [0.25, 0.3) is 0 Å². The molecule has 4 atom stereocenters. The highest BCUT2D eigenvalue weighted by Crippen LogP contribution is 2.19. The van der Waals surface area contributed by atoms with Crippen molar-refractivity contribution in [3.8, 4) is 0 Å². The third kappa shape index (κ3) is 13.3. The SMILES string of the molecule is CCCC(CCC)S(=O)(=O)C[C@H](NC(=O)O[C@@H]1CCS(=O)(=O)C1)C(=O)O[C@H](CNCc1cccc(CC)c1)[C@@H](N)Cc1cc(F)cc(F)c1. The number of aryl methyl sites for hydroxylation is 1. The maximum absolute atomic E-state index is 14.0. The Morgan fingerprint density at radius 1 is 1.00 bits per heavy atom. The van der Waals surface area contributed by atoms with Crippen LogP contribution in [0.2, 0.25) is 0 Å². The Kier molecular flexibility index (Phi) is 15.4. The number of carbonyl (C=O) groups is 2. The second-order valence-electron chi connectivity index (χ2n) is 12.6. The average molecular weight is 730 g/mol. The molecule has 2 aromatic carbocycles. The van der Waals surface area contributed by atoms with Gasteiger partial charge in [0.15, 0.2) is 19.7 Å². The van der Waals surface area contributed by atoms with E-state index in [1.54, 1.807) is 0 Å². The number of amides is 1. The van der Waals surface area contributed by atoms with Crippen molar-refractivity contribution < 1.29 is 44.7 Å². The van der Waals surface area contributed by atoms with Crippen LogP contribution in [0.5, 0.6) is 0 Å². The molecule has 0 unspecified atom stereocenters. The summed E-state index contributed by atoms with van der Waals surface area (Å²) in [5, 5.41) is 4.72. The maximum atomic E-state index is 14.0. The molecule has 1 amide bonds. The largest absolute Gasteiger partial charge is 0.458 e. The Bertz CT molecular complexity index is 1600. The molecular weight excluding hydrogens is 681 g/mol. The van der Waals surface area contributed by atoms with Crippen molar-refractivity contribution in [3.05, 3.63) is 70.8 Å². The van der Waals surface area contributed by atoms with Crippen molar-refractivity contribution in [3.63, 3.8) is 0 Å². The van der Waals surface area contributed by atoms with Crippen molar-refractivity contribution in [2.24, 2.45) is 5.73 Å². The van der Waals surface area contributed by atoms with Crippen LogP contribution in [-0.2, 0) is 53.3 Å². The zero-order valence-corrected chi connectivity index (χ0v) is 30.0. The number of carbonyl (C=O) groups excluding carboxylic acids is 2. The average Bonchev–Trinajstić information content (AvgIpc) is 3.36. The second kappa shape index (κ2) is 18.7. The Labute approximate surface area is 288 Å². The van der Waals surface area contributed by atoms with Gasteiger partial charge in [0, 0.05) is 25.2 Å². The lowest BCUT2D eigenvalue weighted by atomic mass is 10.0. The van der Waals surface area contributed by atoms with E-state index in [0.717, 1.165) is 35.7 Å². The molecule has 1 fully saturated rings. The molecule has 274 valence electrons. The molecule has 49 heavy (non-hydrogen) atoms. The van der Waals surface area contributed by atoms with Crippen LogP contribution in [0.3, 0.4) is 0 Å². The number of hydrogen-bond donors (Lipinski definition) is 3. The Hall–Kier alpha value is -3.14. The summed E-state index contributed by atoms with van der Waals surface area (Å²) in [5.41, 5.74) is 8.75. The van der Waals surface area contributed by atoms with E-state index in [1.807, 2.05) is 45.0 Å². The maximum Gasteiger partial charge on any atom is 0.408 e. The van der Waals surface area contributed by atoms with Crippen molar-refractivity contribution in [1.82, 2.24) is 10.6 Å². The number of rotatable bonds is 19. The van der Waals surface area contributed by atoms with Gasteiger partial charge in [-0.3, -0.25) is 0 Å². The van der Waals surface area contributed by atoms with E-state index in [0.29, 0.717) is 32.2 Å². The number of benzene rings is 2. The van der Waals surface area contributed by atoms with Gasteiger partial charge in [0.1, 0.15) is 29.9 Å². The van der Waals surface area contributed by atoms with Crippen LogP contribution in [0.15, 0.2) is 42.5 Å². The summed E-state index contributed by atoms with van der Waals surface area (Å²) >= 11 is 0. The molecule has 3 rings (SSSR count). The van der Waals surface area contributed by atoms with Crippen molar-refractivity contribution in [1.29, 1.82) is 0 Å². The quantitative estimate of drug-likeness (QED) is 0.181. The number of nitrogens with two attached hydrogens (primary N) is 1. The predicted octanol–water partition coefficient (Wildman–Crippen LogP) is 3.76. The summed E-state index contributed by atoms with van der Waals surface area (Å²) in [6, 6.07) is 8.07. The summed E-state index contributed by atoms with van der Waals surface area (Å²) < 4.78 is 89.8. The first kappa shape index (κ1) is 40.3. The highest BCUT2D eigenvalue weighted by atomic mass is 32.2. The summed E-state index contributed by atoms with van der Waals surface area (Å²) in [4.78, 5) is 26.7. The van der Waals surface area contributed by atoms with Gasteiger partial charge in [0.2, 0.25) is 0 Å². The standard InChI is InChI=1S/C34H49F2N3O8S2/c1-4-8-29(9-5-2)49(44,45)22-31(39-34(41)46-28-12-13-48(42,43)21-28)33(40)47-32(20-38-19-24-11-7-10-23(6-3)14-24)30(37)17-25-15-26(35)18-27(36)16-25/h7,10-11,14-16,18,28-32,38H,4-6,8-9,12-13,17,19-22,37H2,1-3H3,(H,39,41)/t28-,30+,31+,32-/m1/s1. The van der Waals surface area contributed by atoms with Crippen LogP contribution in [0, 0.1) is 11.6 Å². The molecular formula is C34H49F2N3O8S2. The van der Waals surface area contributed by atoms with E-state index in [4.69, 9.17) is 15.2 Å². The molecule has 0 radical (unpaired) electrons. The normalized spacial score (nSPS) is 17.7. The Balaban J connectivity index is 1.86. The molecule has 4 N–H and O–H groups in total. The molecule has 2 aromatic rings. The Morgan fingerprint density at radius 2 is 1.65 bits per heavy atom. The van der Waals surface area contributed by atoms with Gasteiger partial charge in [-0.1, -0.05) is 57.9 Å². The second-order valence-corrected chi connectivity index (χ2v) is 17.1. The molecule has 11 nitrogen and oxygen atoms in total. The van der Waals surface area contributed by atoms with Gasteiger partial charge in [-0.2, -0.15) is 0 Å².